The molecule has 1 atom stereocenters. The summed E-state index contributed by atoms with van der Waals surface area (Å²) in [6, 6.07) is 14.5. The molecular weight excluding hydrogens is 412 g/mol. The lowest BCUT2D eigenvalue weighted by molar-refractivity contribution is -0.128. The number of ether oxygens (including phenoxy) is 2. The Morgan fingerprint density at radius 3 is 2.69 bits per heavy atom. The second-order valence-electron chi connectivity index (χ2n) is 7.46. The molecule has 3 aromatic rings. The maximum atomic E-state index is 12.5. The van der Waals surface area contributed by atoms with Crippen molar-refractivity contribution in [2.75, 3.05) is 20.8 Å². The number of benzene rings is 2. The van der Waals surface area contributed by atoms with Gasteiger partial charge in [-0.25, -0.2) is 0 Å². The first kappa shape index (κ1) is 21.4. The monoisotopic (exact) mass is 436 g/mol. The second kappa shape index (κ2) is 9.51. The van der Waals surface area contributed by atoms with Gasteiger partial charge in [-0.1, -0.05) is 29.4 Å². The average Bonchev–Trinajstić information content (AvgIpc) is 3.44. The number of amides is 2. The van der Waals surface area contributed by atoms with Crippen LogP contribution >= 0.6 is 0 Å². The molecule has 1 saturated heterocycles. The van der Waals surface area contributed by atoms with Gasteiger partial charge >= 0.3 is 0 Å². The Labute approximate surface area is 185 Å². The molecule has 1 aliphatic rings. The van der Waals surface area contributed by atoms with Crippen molar-refractivity contribution in [2.45, 2.75) is 25.4 Å². The molecule has 1 aromatic heterocycles. The van der Waals surface area contributed by atoms with E-state index in [0.29, 0.717) is 48.3 Å². The van der Waals surface area contributed by atoms with Crippen LogP contribution < -0.4 is 14.8 Å². The molecule has 4 rings (SSSR count). The lowest BCUT2D eigenvalue weighted by Crippen LogP contribution is -2.24. The van der Waals surface area contributed by atoms with Crippen LogP contribution in [-0.4, -0.2) is 47.6 Å². The number of nitrogens with one attached hydrogen (secondary N) is 1. The number of likely N-dealkylation sites (tertiary alicyclic amines) is 1. The van der Waals surface area contributed by atoms with Gasteiger partial charge in [0.25, 0.3) is 5.91 Å². The molecule has 2 amide bonds. The molecule has 2 aromatic carbocycles. The Bertz CT molecular complexity index is 1100. The van der Waals surface area contributed by atoms with Crippen LogP contribution in [0.3, 0.4) is 0 Å². The third kappa shape index (κ3) is 4.72. The molecular formula is C23H24N4O5. The fourth-order valence-electron chi connectivity index (χ4n) is 3.65. The summed E-state index contributed by atoms with van der Waals surface area (Å²) in [7, 11) is 3.16. The topological polar surface area (TPSA) is 107 Å². The minimum Gasteiger partial charge on any atom is -0.493 e. The number of hydrogen-bond donors (Lipinski definition) is 1. The normalized spacial score (nSPS) is 15.6. The second-order valence-corrected chi connectivity index (χ2v) is 7.46. The van der Waals surface area contributed by atoms with E-state index < -0.39 is 0 Å². The van der Waals surface area contributed by atoms with Gasteiger partial charge in [-0.2, -0.15) is 4.98 Å². The number of rotatable bonds is 8. The summed E-state index contributed by atoms with van der Waals surface area (Å²) in [6.45, 7) is 1.06. The molecule has 32 heavy (non-hydrogen) atoms. The summed E-state index contributed by atoms with van der Waals surface area (Å²) in [5, 5.41) is 6.78. The summed E-state index contributed by atoms with van der Waals surface area (Å²) < 4.78 is 15.9. The highest BCUT2D eigenvalue weighted by molar-refractivity contribution is 5.93. The number of carbonyl (C=O) groups excluding carboxylic acids is 2. The Kier molecular flexibility index (Phi) is 6.34. The van der Waals surface area contributed by atoms with Crippen molar-refractivity contribution in [2.24, 2.45) is 0 Å². The molecule has 1 aliphatic heterocycles. The summed E-state index contributed by atoms with van der Waals surface area (Å²) in [6.07, 6.45) is 0.308. The predicted molar refractivity (Wildman–Crippen MR) is 114 cm³/mol. The quantitative estimate of drug-likeness (QED) is 0.578. The van der Waals surface area contributed by atoms with Crippen LogP contribution in [0.2, 0.25) is 0 Å². The number of carbonyl (C=O) groups is 2. The van der Waals surface area contributed by atoms with Crippen molar-refractivity contribution >= 4 is 11.8 Å². The molecule has 9 nitrogen and oxygen atoms in total. The van der Waals surface area contributed by atoms with E-state index in [2.05, 4.69) is 15.5 Å². The van der Waals surface area contributed by atoms with E-state index in [1.165, 1.54) is 0 Å². The van der Waals surface area contributed by atoms with Crippen LogP contribution in [0, 0.1) is 0 Å². The minimum atomic E-state index is -0.220. The van der Waals surface area contributed by atoms with Crippen molar-refractivity contribution in [1.82, 2.24) is 20.4 Å². The third-order valence-corrected chi connectivity index (χ3v) is 5.32. The molecule has 0 saturated carbocycles. The Hall–Kier alpha value is -3.88. The fourth-order valence-corrected chi connectivity index (χ4v) is 3.65. The van der Waals surface area contributed by atoms with Gasteiger partial charge in [-0.3, -0.25) is 9.59 Å². The molecule has 0 spiro atoms. The van der Waals surface area contributed by atoms with Gasteiger partial charge in [-0.15, -0.1) is 0 Å². The number of hydrogen-bond acceptors (Lipinski definition) is 7. The van der Waals surface area contributed by atoms with Crippen molar-refractivity contribution < 1.29 is 23.6 Å². The highest BCUT2D eigenvalue weighted by Crippen LogP contribution is 2.31. The summed E-state index contributed by atoms with van der Waals surface area (Å²) in [4.78, 5) is 30.8. The highest BCUT2D eigenvalue weighted by atomic mass is 16.5. The maximum Gasteiger partial charge on any atom is 0.251 e. The Morgan fingerprint density at radius 1 is 1.16 bits per heavy atom. The number of methoxy groups -OCH3 is 2. The average molecular weight is 436 g/mol. The Balaban J connectivity index is 1.35. The van der Waals surface area contributed by atoms with Gasteiger partial charge in [0, 0.05) is 31.0 Å². The molecule has 0 bridgehead atoms. The summed E-state index contributed by atoms with van der Waals surface area (Å²) >= 11 is 0. The molecule has 1 N–H and O–H groups in total. The minimum absolute atomic E-state index is 0.0218. The van der Waals surface area contributed by atoms with Gasteiger partial charge in [-0.05, 0) is 29.8 Å². The van der Waals surface area contributed by atoms with Crippen molar-refractivity contribution in [1.29, 1.82) is 0 Å². The SMILES string of the molecule is COc1ccc(CN2CC(c3noc(CNC(=O)c4ccccc4)n3)CC2=O)cc1OC. The van der Waals surface area contributed by atoms with Crippen molar-refractivity contribution in [3.63, 3.8) is 0 Å². The molecule has 0 radical (unpaired) electrons. The largest absolute Gasteiger partial charge is 0.493 e. The molecule has 0 aliphatic carbocycles. The first-order valence-electron chi connectivity index (χ1n) is 10.2. The predicted octanol–water partition coefficient (Wildman–Crippen LogP) is 2.53. The standard InChI is InChI=1S/C23H24N4O5/c1-30-18-9-8-15(10-19(18)31-2)13-27-14-17(11-21(27)28)22-25-20(32-26-22)12-24-23(29)16-6-4-3-5-7-16/h3-10,17H,11-14H2,1-2H3,(H,24,29). The van der Waals surface area contributed by atoms with Crippen LogP contribution in [-0.2, 0) is 17.9 Å². The van der Waals surface area contributed by atoms with Gasteiger partial charge in [0.1, 0.15) is 0 Å². The van der Waals surface area contributed by atoms with Crippen LogP contribution in [0.5, 0.6) is 11.5 Å². The summed E-state index contributed by atoms with van der Waals surface area (Å²) in [5.74, 6) is 1.67. The fraction of sp³-hybridized carbons (Fsp3) is 0.304. The van der Waals surface area contributed by atoms with E-state index in [1.54, 1.807) is 43.4 Å². The molecule has 1 unspecified atom stereocenters. The molecule has 9 heteroatoms. The van der Waals surface area contributed by atoms with Crippen LogP contribution in [0.1, 0.15) is 40.0 Å². The maximum absolute atomic E-state index is 12.5. The molecule has 2 heterocycles. The highest BCUT2D eigenvalue weighted by Gasteiger charge is 2.33. The Morgan fingerprint density at radius 2 is 1.94 bits per heavy atom. The number of nitrogens with zero attached hydrogens (tertiary/aromatic N) is 3. The van der Waals surface area contributed by atoms with Crippen molar-refractivity contribution in [3.8, 4) is 11.5 Å². The first-order valence-corrected chi connectivity index (χ1v) is 10.2. The zero-order valence-corrected chi connectivity index (χ0v) is 17.9. The third-order valence-electron chi connectivity index (χ3n) is 5.32. The van der Waals surface area contributed by atoms with Gasteiger partial charge in [0.15, 0.2) is 17.3 Å². The smallest absolute Gasteiger partial charge is 0.251 e. The van der Waals surface area contributed by atoms with Gasteiger partial charge in [0.05, 0.1) is 20.8 Å². The summed E-state index contributed by atoms with van der Waals surface area (Å²) in [5.41, 5.74) is 1.49. The zero-order valence-electron chi connectivity index (χ0n) is 17.9. The molecule has 166 valence electrons. The van der Waals surface area contributed by atoms with E-state index in [4.69, 9.17) is 14.0 Å². The van der Waals surface area contributed by atoms with E-state index in [1.807, 2.05) is 24.3 Å². The van der Waals surface area contributed by atoms with Crippen LogP contribution in [0.4, 0.5) is 0 Å². The van der Waals surface area contributed by atoms with E-state index in [0.717, 1.165) is 5.56 Å². The first-order chi connectivity index (χ1) is 15.6. The van der Waals surface area contributed by atoms with E-state index in [9.17, 15) is 9.59 Å². The van der Waals surface area contributed by atoms with Crippen LogP contribution in [0.25, 0.3) is 0 Å². The zero-order chi connectivity index (χ0) is 22.5. The van der Waals surface area contributed by atoms with E-state index >= 15 is 0 Å². The van der Waals surface area contributed by atoms with Gasteiger partial charge in [0.2, 0.25) is 11.8 Å². The van der Waals surface area contributed by atoms with Gasteiger partial charge < -0.3 is 24.2 Å². The van der Waals surface area contributed by atoms with Crippen LogP contribution in [0.15, 0.2) is 53.1 Å². The number of aromatic nitrogens is 2. The van der Waals surface area contributed by atoms with Crippen molar-refractivity contribution in [3.05, 3.63) is 71.4 Å². The lowest BCUT2D eigenvalue weighted by Gasteiger charge is -2.17. The lowest BCUT2D eigenvalue weighted by atomic mass is 10.1. The van der Waals surface area contributed by atoms with E-state index in [-0.39, 0.29) is 24.3 Å². The molecule has 1 fully saturated rings.